The lowest BCUT2D eigenvalue weighted by Crippen LogP contribution is -2.51. The number of halogens is 3. The number of aryl methyl sites for hydroxylation is 1. The number of alkyl halides is 1. The molecule has 0 spiro atoms. The van der Waals surface area contributed by atoms with Gasteiger partial charge in [-0.3, -0.25) is 4.90 Å². The second-order valence-electron chi connectivity index (χ2n) is 17.5. The Hall–Kier alpha value is -3.92. The van der Waals surface area contributed by atoms with Gasteiger partial charge in [-0.2, -0.15) is 9.97 Å². The van der Waals surface area contributed by atoms with Gasteiger partial charge >= 0.3 is 6.01 Å². The van der Waals surface area contributed by atoms with Gasteiger partial charge in [0.2, 0.25) is 0 Å². The van der Waals surface area contributed by atoms with E-state index in [2.05, 4.69) is 68.1 Å². The molecule has 6 heterocycles. The van der Waals surface area contributed by atoms with Crippen molar-refractivity contribution in [3.8, 4) is 34.5 Å². The van der Waals surface area contributed by atoms with Crippen molar-refractivity contribution in [2.75, 3.05) is 37.7 Å². The molecule has 4 atom stereocenters. The van der Waals surface area contributed by atoms with Crippen LogP contribution >= 0.6 is 0 Å². The number of fused-ring (bicyclic) bond motifs is 5. The number of hydrogen-bond acceptors (Lipinski definition) is 8. The summed E-state index contributed by atoms with van der Waals surface area (Å²) in [6.07, 6.45) is 3.35. The Morgan fingerprint density at radius 2 is 1.69 bits per heavy atom. The van der Waals surface area contributed by atoms with Crippen LogP contribution in [0, 0.1) is 30.0 Å². The van der Waals surface area contributed by atoms with E-state index in [-0.39, 0.29) is 52.8 Å². The van der Waals surface area contributed by atoms with Crippen molar-refractivity contribution in [1.82, 2.24) is 25.2 Å². The lowest BCUT2D eigenvalue weighted by Gasteiger charge is -2.38. The first kappa shape index (κ1) is 38.0. The average Bonchev–Trinajstić information content (AvgIpc) is 3.78. The number of hydrogen-bond donors (Lipinski definition) is 2. The molecule has 0 unspecified atom stereocenters. The average molecular weight is 771 g/mol. The molecule has 2 aromatic heterocycles. The van der Waals surface area contributed by atoms with Gasteiger partial charge in [-0.15, -0.1) is 5.54 Å². The number of phenols is 1. The molecule has 4 saturated heterocycles. The van der Waals surface area contributed by atoms with Gasteiger partial charge in [0.15, 0.2) is 5.82 Å². The number of anilines is 1. The summed E-state index contributed by atoms with van der Waals surface area (Å²) in [5.74, 6) is 2.52. The molecular formula is C43H53F3N6O2Si. The minimum Gasteiger partial charge on any atom is -0.508 e. The van der Waals surface area contributed by atoms with E-state index in [1.54, 1.807) is 12.1 Å². The number of aromatic hydroxyl groups is 1. The van der Waals surface area contributed by atoms with E-state index in [1.165, 1.54) is 12.1 Å². The molecule has 8 rings (SSSR count). The summed E-state index contributed by atoms with van der Waals surface area (Å²) >= 11 is 0. The number of nitrogens with zero attached hydrogens (tertiary/aromatic N) is 5. The normalized spacial score (nSPS) is 24.1. The summed E-state index contributed by atoms with van der Waals surface area (Å²) in [6, 6.07) is 6.54. The van der Waals surface area contributed by atoms with Crippen molar-refractivity contribution in [2.45, 2.75) is 121 Å². The second-order valence-corrected chi connectivity index (χ2v) is 23.1. The second kappa shape index (κ2) is 14.2. The summed E-state index contributed by atoms with van der Waals surface area (Å²) in [4.78, 5) is 18.9. The molecule has 4 aliphatic heterocycles. The van der Waals surface area contributed by atoms with E-state index >= 15 is 8.78 Å². The van der Waals surface area contributed by atoms with Crippen LogP contribution < -0.4 is 15.0 Å². The zero-order chi connectivity index (χ0) is 39.0. The van der Waals surface area contributed by atoms with Crippen LogP contribution in [0.3, 0.4) is 0 Å². The molecule has 0 amide bonds. The molecule has 12 heteroatoms. The molecule has 0 saturated carbocycles. The third kappa shape index (κ3) is 6.44. The van der Waals surface area contributed by atoms with Gasteiger partial charge in [-0.05, 0) is 79.4 Å². The van der Waals surface area contributed by atoms with Gasteiger partial charge in [-0.1, -0.05) is 53.5 Å². The zero-order valence-corrected chi connectivity index (χ0v) is 34.1. The molecule has 4 aromatic rings. The summed E-state index contributed by atoms with van der Waals surface area (Å²) in [7, 11) is -2.28. The Morgan fingerprint density at radius 3 is 2.38 bits per heavy atom. The first-order valence-corrected chi connectivity index (χ1v) is 22.3. The summed E-state index contributed by atoms with van der Waals surface area (Å²) in [5, 5.41) is 16.1. The highest BCUT2D eigenvalue weighted by molar-refractivity contribution is 6.90. The maximum atomic E-state index is 17.5. The fourth-order valence-electron chi connectivity index (χ4n) is 10.7. The highest BCUT2D eigenvalue weighted by Crippen LogP contribution is 2.44. The predicted octanol–water partition coefficient (Wildman–Crippen LogP) is 8.60. The molecule has 2 bridgehead atoms. The van der Waals surface area contributed by atoms with Crippen LogP contribution in [0.5, 0.6) is 11.8 Å². The molecule has 55 heavy (non-hydrogen) atoms. The summed E-state index contributed by atoms with van der Waals surface area (Å²) in [5.41, 5.74) is 5.05. The molecular weight excluding hydrogens is 718 g/mol. The van der Waals surface area contributed by atoms with Gasteiger partial charge in [0.1, 0.15) is 49.4 Å². The van der Waals surface area contributed by atoms with Gasteiger partial charge < -0.3 is 20.1 Å². The van der Waals surface area contributed by atoms with Crippen LogP contribution in [0.15, 0.2) is 24.3 Å². The van der Waals surface area contributed by atoms with E-state index in [9.17, 15) is 9.50 Å². The Labute approximate surface area is 323 Å². The van der Waals surface area contributed by atoms with Gasteiger partial charge in [0.25, 0.3) is 0 Å². The number of pyridine rings is 1. The highest BCUT2D eigenvalue weighted by Gasteiger charge is 2.49. The molecule has 292 valence electrons. The molecule has 2 aromatic carbocycles. The van der Waals surface area contributed by atoms with E-state index < -0.39 is 31.4 Å². The van der Waals surface area contributed by atoms with E-state index in [4.69, 9.17) is 19.7 Å². The van der Waals surface area contributed by atoms with Crippen LogP contribution in [0.25, 0.3) is 32.9 Å². The van der Waals surface area contributed by atoms with Crippen LogP contribution in [0.4, 0.5) is 19.0 Å². The van der Waals surface area contributed by atoms with Crippen LogP contribution in [0.2, 0.25) is 16.6 Å². The highest BCUT2D eigenvalue weighted by atomic mass is 28.3. The number of phenolic OH excluding ortho intramolecular Hbond substituents is 1. The maximum absolute atomic E-state index is 17.5. The summed E-state index contributed by atoms with van der Waals surface area (Å²) in [6.45, 7) is 17.8. The topological polar surface area (TPSA) is 86.6 Å². The third-order valence-corrected chi connectivity index (χ3v) is 19.5. The maximum Gasteiger partial charge on any atom is 0.319 e. The molecule has 8 nitrogen and oxygen atoms in total. The van der Waals surface area contributed by atoms with Crippen molar-refractivity contribution < 1.29 is 23.0 Å². The van der Waals surface area contributed by atoms with Gasteiger partial charge in [-0.25, -0.2) is 18.2 Å². The lowest BCUT2D eigenvalue weighted by molar-refractivity contribution is 0.107. The number of benzene rings is 2. The molecule has 4 aliphatic rings. The fraction of sp³-hybridized carbons (Fsp3) is 0.558. The number of rotatable bonds is 8. The van der Waals surface area contributed by atoms with E-state index in [0.29, 0.717) is 70.3 Å². The van der Waals surface area contributed by atoms with Crippen LogP contribution in [-0.2, 0) is 0 Å². The minimum atomic E-state index is -2.28. The van der Waals surface area contributed by atoms with Gasteiger partial charge in [0, 0.05) is 49.1 Å². The quantitative estimate of drug-likeness (QED) is 0.136. The van der Waals surface area contributed by atoms with Crippen molar-refractivity contribution in [1.29, 1.82) is 0 Å². The fourth-order valence-corrected chi connectivity index (χ4v) is 15.9. The zero-order valence-electron chi connectivity index (χ0n) is 33.1. The minimum absolute atomic E-state index is 0.0306. The Morgan fingerprint density at radius 1 is 0.982 bits per heavy atom. The molecule has 0 radical (unpaired) electrons. The standard InChI is InChI=1S/C43H53F3N6O2Si/c1-24(2)55(25(3)4,26(5)6)16-13-33-35(45)12-9-28-17-32(53)18-34(37(28)33)39-38(46)40-36(27(7)47-39)41(51-21-30-10-11-31(22-51)48-30)50-42(49-40)54-23-43-14-8-15-52(43)20-29(44)19-43/h9,12,17-18,24-26,29-31,48,53H,8,10-11,14-15,19-23H2,1-7H3/t29-,30-,31+,43+/m1/s1. The van der Waals surface area contributed by atoms with Crippen molar-refractivity contribution in [3.63, 3.8) is 0 Å². The Bertz CT molecular complexity index is 2190. The Balaban J connectivity index is 1.31. The molecule has 2 N–H and O–H groups in total. The predicted molar refractivity (Wildman–Crippen MR) is 215 cm³/mol. The number of ether oxygens (including phenoxy) is 1. The molecule has 0 aliphatic carbocycles. The first-order chi connectivity index (χ1) is 26.2. The van der Waals surface area contributed by atoms with Crippen LogP contribution in [0.1, 0.15) is 84.9 Å². The monoisotopic (exact) mass is 770 g/mol. The number of piperazine rings is 1. The third-order valence-electron chi connectivity index (χ3n) is 13.3. The van der Waals surface area contributed by atoms with E-state index in [0.717, 1.165) is 32.2 Å². The smallest absolute Gasteiger partial charge is 0.319 e. The van der Waals surface area contributed by atoms with Crippen molar-refractivity contribution in [2.24, 2.45) is 0 Å². The number of nitrogens with one attached hydrogen (secondary N) is 1. The largest absolute Gasteiger partial charge is 0.508 e. The Kier molecular flexibility index (Phi) is 9.82. The number of aromatic nitrogens is 3. The van der Waals surface area contributed by atoms with E-state index in [1.807, 2.05) is 6.92 Å². The lowest BCUT2D eigenvalue weighted by atomic mass is 9.95. The SMILES string of the molecule is Cc1nc(-c2cc(O)cc3ccc(F)c(C#C[Si](C(C)C)(C(C)C)C(C)C)c23)c(F)c2nc(OC[C@@]34CCCN3C[C@H](F)C4)nc(N3C[C@H]4CC[C@@H](C3)N4)c12. The van der Waals surface area contributed by atoms with Crippen LogP contribution in [-0.4, -0.2) is 89.6 Å². The van der Waals surface area contributed by atoms with Gasteiger partial charge in [0.05, 0.1) is 22.2 Å². The van der Waals surface area contributed by atoms with Crippen molar-refractivity contribution >= 4 is 35.6 Å². The first-order valence-electron chi connectivity index (χ1n) is 20.1. The molecule has 4 fully saturated rings. The summed E-state index contributed by atoms with van der Waals surface area (Å²) < 4.78 is 54.7. The van der Waals surface area contributed by atoms with Crippen molar-refractivity contribution in [3.05, 3.63) is 47.2 Å².